The van der Waals surface area contributed by atoms with Crippen molar-refractivity contribution in [2.75, 3.05) is 0 Å². The SMILES string of the molecule is CC(=O)/C(C)=C/C(C(C)C)C(C)C(=O)C(CC(=O)C(C)C(C)(C)C1=CC(C)c2ccccc21)C(C)(C)C. The van der Waals surface area contributed by atoms with Crippen molar-refractivity contribution in [2.24, 2.45) is 40.4 Å². The van der Waals surface area contributed by atoms with Crippen LogP contribution in [0.2, 0.25) is 0 Å². The highest BCUT2D eigenvalue weighted by Gasteiger charge is 2.43. The van der Waals surface area contributed by atoms with Crippen molar-refractivity contribution >= 4 is 22.9 Å². The summed E-state index contributed by atoms with van der Waals surface area (Å²) in [5.74, 6) is -0.116. The highest BCUT2D eigenvalue weighted by Crippen LogP contribution is 2.49. The number of hydrogen-bond acceptors (Lipinski definition) is 3. The van der Waals surface area contributed by atoms with Crippen LogP contribution in [0.25, 0.3) is 5.57 Å². The highest BCUT2D eigenvalue weighted by atomic mass is 16.1. The molecule has 37 heavy (non-hydrogen) atoms. The lowest BCUT2D eigenvalue weighted by Gasteiger charge is -2.37. The number of carbonyl (C=O) groups is 3. The number of ketones is 3. The van der Waals surface area contributed by atoms with Crippen molar-refractivity contribution in [3.05, 3.63) is 53.1 Å². The van der Waals surface area contributed by atoms with E-state index in [4.69, 9.17) is 0 Å². The van der Waals surface area contributed by atoms with Gasteiger partial charge in [0, 0.05) is 30.1 Å². The molecule has 1 aromatic carbocycles. The number of Topliss-reactive ketones (excluding diaryl/α,β-unsaturated/α-hetero) is 3. The first-order valence-electron chi connectivity index (χ1n) is 14.0. The van der Waals surface area contributed by atoms with Crippen molar-refractivity contribution in [2.45, 2.75) is 95.4 Å². The second kappa shape index (κ2) is 11.6. The first kappa shape index (κ1) is 30.9. The number of benzene rings is 1. The third kappa shape index (κ3) is 6.78. The summed E-state index contributed by atoms with van der Waals surface area (Å²) in [5.41, 5.74) is 3.78. The standard InChI is InChI=1S/C34H50O3/c1-20(2)28(17-21(3)25(7)35)23(5)32(37)30(33(8,9)10)19-31(36)24(6)34(11,12)29-18-22(4)26-15-13-14-16-27(26)29/h13-18,20,22-24,28,30H,19H2,1-12H3/b21-17+. The second-order valence-corrected chi connectivity index (χ2v) is 13.4. The second-order valence-electron chi connectivity index (χ2n) is 13.4. The maximum Gasteiger partial charge on any atom is 0.155 e. The summed E-state index contributed by atoms with van der Waals surface area (Å²) < 4.78 is 0. The van der Waals surface area contributed by atoms with Crippen molar-refractivity contribution < 1.29 is 14.4 Å². The van der Waals surface area contributed by atoms with Crippen LogP contribution in [0.15, 0.2) is 42.0 Å². The predicted octanol–water partition coefficient (Wildman–Crippen LogP) is 8.48. The van der Waals surface area contributed by atoms with Crippen LogP contribution in [0.1, 0.15) is 107 Å². The van der Waals surface area contributed by atoms with Crippen LogP contribution in [-0.2, 0) is 14.4 Å². The molecule has 0 saturated heterocycles. The van der Waals surface area contributed by atoms with Gasteiger partial charge in [-0.1, -0.05) is 106 Å². The van der Waals surface area contributed by atoms with Gasteiger partial charge in [-0.3, -0.25) is 14.4 Å². The molecule has 3 heteroatoms. The molecule has 0 heterocycles. The molecule has 1 aromatic rings. The Morgan fingerprint density at radius 3 is 2.03 bits per heavy atom. The number of carbonyl (C=O) groups excluding carboxylic acids is 3. The van der Waals surface area contributed by atoms with Gasteiger partial charge in [0.25, 0.3) is 0 Å². The molecule has 0 bridgehead atoms. The fourth-order valence-electron chi connectivity index (χ4n) is 5.81. The summed E-state index contributed by atoms with van der Waals surface area (Å²) in [6.45, 7) is 24.3. The number of fused-ring (bicyclic) bond motifs is 1. The Morgan fingerprint density at radius 1 is 0.946 bits per heavy atom. The van der Waals surface area contributed by atoms with E-state index in [1.807, 2.05) is 26.8 Å². The molecule has 204 valence electrons. The maximum absolute atomic E-state index is 14.0. The molecule has 0 amide bonds. The molecule has 0 spiro atoms. The number of hydrogen-bond donors (Lipinski definition) is 0. The number of allylic oxidation sites excluding steroid dienone is 4. The zero-order chi connectivity index (χ0) is 28.5. The lowest BCUT2D eigenvalue weighted by atomic mass is 9.65. The van der Waals surface area contributed by atoms with Crippen molar-refractivity contribution in [1.29, 1.82) is 0 Å². The van der Waals surface area contributed by atoms with E-state index in [2.05, 4.69) is 85.7 Å². The molecule has 1 aliphatic rings. The lowest BCUT2D eigenvalue weighted by molar-refractivity contribution is -0.137. The van der Waals surface area contributed by atoms with Gasteiger partial charge >= 0.3 is 0 Å². The van der Waals surface area contributed by atoms with Crippen LogP contribution >= 0.6 is 0 Å². The summed E-state index contributed by atoms with van der Waals surface area (Å²) in [5, 5.41) is 0. The van der Waals surface area contributed by atoms with E-state index in [0.717, 1.165) is 0 Å². The zero-order valence-electron chi connectivity index (χ0n) is 25.4. The van der Waals surface area contributed by atoms with E-state index < -0.39 is 0 Å². The minimum absolute atomic E-state index is 0.0287. The zero-order valence-corrected chi connectivity index (χ0v) is 25.4. The molecule has 5 unspecified atom stereocenters. The normalized spacial score (nSPS) is 19.6. The Balaban J connectivity index is 2.34. The molecular weight excluding hydrogens is 456 g/mol. The fourth-order valence-corrected chi connectivity index (χ4v) is 5.81. The van der Waals surface area contributed by atoms with Gasteiger partial charge < -0.3 is 0 Å². The Bertz CT molecular complexity index is 1080. The molecule has 2 rings (SSSR count). The van der Waals surface area contributed by atoms with Gasteiger partial charge in [0.1, 0.15) is 11.6 Å². The van der Waals surface area contributed by atoms with Crippen LogP contribution in [0.5, 0.6) is 0 Å². The molecule has 3 nitrogen and oxygen atoms in total. The molecular formula is C34H50O3. The van der Waals surface area contributed by atoms with Gasteiger partial charge in [-0.15, -0.1) is 0 Å². The summed E-state index contributed by atoms with van der Waals surface area (Å²) in [4.78, 5) is 39.7. The molecule has 1 aliphatic carbocycles. The quantitative estimate of drug-likeness (QED) is 0.283. The first-order valence-corrected chi connectivity index (χ1v) is 14.0. The van der Waals surface area contributed by atoms with Gasteiger partial charge in [-0.05, 0) is 58.8 Å². The topological polar surface area (TPSA) is 51.2 Å². The molecule has 0 aliphatic heterocycles. The van der Waals surface area contributed by atoms with E-state index in [9.17, 15) is 14.4 Å². The van der Waals surface area contributed by atoms with E-state index >= 15 is 0 Å². The van der Waals surface area contributed by atoms with Crippen molar-refractivity contribution in [3.63, 3.8) is 0 Å². The molecule has 0 fully saturated rings. The van der Waals surface area contributed by atoms with Gasteiger partial charge in [0.2, 0.25) is 0 Å². The van der Waals surface area contributed by atoms with Gasteiger partial charge in [-0.25, -0.2) is 0 Å². The Morgan fingerprint density at radius 2 is 1.51 bits per heavy atom. The van der Waals surface area contributed by atoms with Crippen LogP contribution in [0.3, 0.4) is 0 Å². The highest BCUT2D eigenvalue weighted by molar-refractivity contribution is 5.94. The summed E-state index contributed by atoms with van der Waals surface area (Å²) in [6, 6.07) is 8.48. The van der Waals surface area contributed by atoms with E-state index in [0.29, 0.717) is 11.5 Å². The fraction of sp³-hybridized carbons (Fsp3) is 0.618. The van der Waals surface area contributed by atoms with Crippen LogP contribution < -0.4 is 0 Å². The first-order chi connectivity index (χ1) is 16.9. The lowest BCUT2D eigenvalue weighted by Crippen LogP contribution is -2.40. The van der Waals surface area contributed by atoms with Crippen molar-refractivity contribution in [1.82, 2.24) is 0 Å². The minimum atomic E-state index is -0.385. The van der Waals surface area contributed by atoms with Crippen molar-refractivity contribution in [3.8, 4) is 0 Å². The monoisotopic (exact) mass is 506 g/mol. The van der Waals surface area contributed by atoms with E-state index in [-0.39, 0.29) is 64.2 Å². The van der Waals surface area contributed by atoms with Crippen LogP contribution in [0, 0.1) is 40.4 Å². The van der Waals surface area contributed by atoms with Crippen LogP contribution in [0.4, 0.5) is 0 Å². The molecule has 5 atom stereocenters. The van der Waals surface area contributed by atoms with Gasteiger partial charge in [0.05, 0.1) is 0 Å². The molecule has 0 aromatic heterocycles. The van der Waals surface area contributed by atoms with Gasteiger partial charge in [0.15, 0.2) is 5.78 Å². The smallest absolute Gasteiger partial charge is 0.155 e. The summed E-state index contributed by atoms with van der Waals surface area (Å²) in [7, 11) is 0. The minimum Gasteiger partial charge on any atom is -0.299 e. The largest absolute Gasteiger partial charge is 0.299 e. The predicted molar refractivity (Wildman–Crippen MR) is 155 cm³/mol. The average molecular weight is 507 g/mol. The Labute approximate surface area is 226 Å². The molecule has 0 N–H and O–H groups in total. The third-order valence-electron chi connectivity index (χ3n) is 9.01. The summed E-state index contributed by atoms with van der Waals surface area (Å²) >= 11 is 0. The van der Waals surface area contributed by atoms with Gasteiger partial charge in [-0.2, -0.15) is 0 Å². The Hall–Kier alpha value is -2.29. The molecule has 0 radical (unpaired) electrons. The van der Waals surface area contributed by atoms with E-state index in [1.165, 1.54) is 16.7 Å². The molecule has 0 saturated carbocycles. The Kier molecular flexibility index (Phi) is 9.72. The van der Waals surface area contributed by atoms with Crippen LogP contribution in [-0.4, -0.2) is 17.3 Å². The van der Waals surface area contributed by atoms with E-state index in [1.54, 1.807) is 6.92 Å². The average Bonchev–Trinajstić information content (AvgIpc) is 3.15. The maximum atomic E-state index is 14.0. The third-order valence-corrected chi connectivity index (χ3v) is 9.01. The number of rotatable bonds is 11. The summed E-state index contributed by atoms with van der Waals surface area (Å²) in [6.07, 6.45) is 4.51.